The van der Waals surface area contributed by atoms with E-state index in [1.54, 1.807) is 0 Å². The SMILES string of the molecule is c1ccc(-c2cc3cccc(-c4ccccc4)c3cc2-n2c3cc4c(cc3c3c(-c5ccccc5)cccc32)oc2ccccc24)cc1. The van der Waals surface area contributed by atoms with Crippen LogP contribution in [0.3, 0.4) is 0 Å². The molecule has 10 rings (SSSR count). The summed E-state index contributed by atoms with van der Waals surface area (Å²) in [5, 5.41) is 7.08. The molecule has 0 unspecified atom stereocenters. The van der Waals surface area contributed by atoms with Gasteiger partial charge in [-0.2, -0.15) is 0 Å². The number of nitrogens with zero attached hydrogens (tertiary/aromatic N) is 1. The summed E-state index contributed by atoms with van der Waals surface area (Å²) >= 11 is 0. The molecule has 10 aromatic rings. The lowest BCUT2D eigenvalue weighted by molar-refractivity contribution is 0.669. The minimum absolute atomic E-state index is 0.902. The van der Waals surface area contributed by atoms with Crippen molar-refractivity contribution in [2.75, 3.05) is 0 Å². The first-order chi connectivity index (χ1) is 23.8. The van der Waals surface area contributed by atoms with Gasteiger partial charge in [0, 0.05) is 27.1 Å². The lowest BCUT2D eigenvalue weighted by Crippen LogP contribution is -1.98. The lowest BCUT2D eigenvalue weighted by atomic mass is 9.93. The molecule has 2 heterocycles. The first-order valence-electron chi connectivity index (χ1n) is 16.4. The van der Waals surface area contributed by atoms with Crippen LogP contribution in [0.15, 0.2) is 180 Å². The molecule has 0 saturated carbocycles. The van der Waals surface area contributed by atoms with Gasteiger partial charge in [-0.05, 0) is 75.0 Å². The zero-order valence-electron chi connectivity index (χ0n) is 26.1. The van der Waals surface area contributed by atoms with Crippen LogP contribution in [-0.2, 0) is 0 Å². The summed E-state index contributed by atoms with van der Waals surface area (Å²) in [5.74, 6) is 0. The van der Waals surface area contributed by atoms with Crippen molar-refractivity contribution in [2.24, 2.45) is 0 Å². The maximum atomic E-state index is 6.48. The Bertz CT molecular complexity index is 2810. The van der Waals surface area contributed by atoms with Crippen LogP contribution in [0.4, 0.5) is 0 Å². The quantitative estimate of drug-likeness (QED) is 0.194. The Kier molecular flexibility index (Phi) is 5.91. The molecule has 0 aliphatic rings. The van der Waals surface area contributed by atoms with Gasteiger partial charge in [0.05, 0.1) is 16.7 Å². The van der Waals surface area contributed by atoms with Crippen molar-refractivity contribution in [1.82, 2.24) is 4.57 Å². The zero-order chi connectivity index (χ0) is 31.6. The topological polar surface area (TPSA) is 18.1 Å². The van der Waals surface area contributed by atoms with Crippen LogP contribution in [-0.4, -0.2) is 4.57 Å². The fourth-order valence-corrected chi connectivity index (χ4v) is 7.62. The van der Waals surface area contributed by atoms with Crippen molar-refractivity contribution in [3.63, 3.8) is 0 Å². The van der Waals surface area contributed by atoms with Crippen LogP contribution >= 0.6 is 0 Å². The largest absolute Gasteiger partial charge is 0.456 e. The molecule has 0 aliphatic carbocycles. The zero-order valence-corrected chi connectivity index (χ0v) is 26.1. The molecule has 224 valence electrons. The van der Waals surface area contributed by atoms with Crippen molar-refractivity contribution in [3.05, 3.63) is 176 Å². The van der Waals surface area contributed by atoms with Crippen molar-refractivity contribution in [3.8, 4) is 39.1 Å². The summed E-state index contributed by atoms with van der Waals surface area (Å²) in [5.41, 5.74) is 12.5. The van der Waals surface area contributed by atoms with Gasteiger partial charge in [0.25, 0.3) is 0 Å². The molecule has 0 bridgehead atoms. The average Bonchev–Trinajstić information content (AvgIpc) is 3.69. The van der Waals surface area contributed by atoms with Crippen LogP contribution in [0.1, 0.15) is 0 Å². The molecule has 48 heavy (non-hydrogen) atoms. The summed E-state index contributed by atoms with van der Waals surface area (Å²) in [6.45, 7) is 0. The van der Waals surface area contributed by atoms with E-state index in [2.05, 4.69) is 174 Å². The van der Waals surface area contributed by atoms with Gasteiger partial charge >= 0.3 is 0 Å². The van der Waals surface area contributed by atoms with E-state index in [9.17, 15) is 0 Å². The number of benzene rings is 8. The fraction of sp³-hybridized carbons (Fsp3) is 0. The molecule has 0 spiro atoms. The van der Waals surface area contributed by atoms with Crippen LogP contribution in [0.2, 0.25) is 0 Å². The summed E-state index contributed by atoms with van der Waals surface area (Å²) in [6, 6.07) is 63.3. The van der Waals surface area contributed by atoms with Gasteiger partial charge in [-0.25, -0.2) is 0 Å². The van der Waals surface area contributed by atoms with Crippen molar-refractivity contribution < 1.29 is 4.42 Å². The highest BCUT2D eigenvalue weighted by Crippen LogP contribution is 2.45. The fourth-order valence-electron chi connectivity index (χ4n) is 7.62. The molecule has 0 fully saturated rings. The predicted octanol–water partition coefficient (Wildman–Crippen LogP) is 12.8. The smallest absolute Gasteiger partial charge is 0.136 e. The van der Waals surface area contributed by atoms with Gasteiger partial charge in [0.1, 0.15) is 11.2 Å². The third kappa shape index (κ3) is 4.06. The maximum absolute atomic E-state index is 6.48. The first-order valence-corrected chi connectivity index (χ1v) is 16.4. The number of aromatic nitrogens is 1. The second kappa shape index (κ2) is 10.6. The van der Waals surface area contributed by atoms with E-state index >= 15 is 0 Å². The van der Waals surface area contributed by atoms with Crippen LogP contribution in [0, 0.1) is 0 Å². The molecule has 0 amide bonds. The summed E-state index contributed by atoms with van der Waals surface area (Å²) in [6.07, 6.45) is 0. The number of para-hydroxylation sites is 1. The van der Waals surface area contributed by atoms with Crippen molar-refractivity contribution in [1.29, 1.82) is 0 Å². The summed E-state index contributed by atoms with van der Waals surface area (Å²) in [4.78, 5) is 0. The van der Waals surface area contributed by atoms with E-state index in [1.165, 1.54) is 54.9 Å². The molecule has 2 heteroatoms. The van der Waals surface area contributed by atoms with Gasteiger partial charge in [-0.3, -0.25) is 0 Å². The Labute approximate surface area is 277 Å². The second-order valence-electron chi connectivity index (χ2n) is 12.5. The number of rotatable bonds is 4. The molecule has 2 nitrogen and oxygen atoms in total. The molecular formula is C46H29NO. The van der Waals surface area contributed by atoms with Gasteiger partial charge < -0.3 is 8.98 Å². The predicted molar refractivity (Wildman–Crippen MR) is 202 cm³/mol. The molecule has 0 radical (unpaired) electrons. The average molecular weight is 612 g/mol. The van der Waals surface area contributed by atoms with Crippen LogP contribution in [0.5, 0.6) is 0 Å². The van der Waals surface area contributed by atoms with E-state index in [4.69, 9.17) is 4.42 Å². The molecular weight excluding hydrogens is 583 g/mol. The maximum Gasteiger partial charge on any atom is 0.136 e. The number of hydrogen-bond donors (Lipinski definition) is 0. The minimum atomic E-state index is 0.902. The highest BCUT2D eigenvalue weighted by Gasteiger charge is 2.22. The first kappa shape index (κ1) is 26.8. The van der Waals surface area contributed by atoms with Gasteiger partial charge in [-0.1, -0.05) is 140 Å². The third-order valence-electron chi connectivity index (χ3n) is 9.78. The second-order valence-corrected chi connectivity index (χ2v) is 12.5. The van der Waals surface area contributed by atoms with Crippen molar-refractivity contribution in [2.45, 2.75) is 0 Å². The van der Waals surface area contributed by atoms with E-state index < -0.39 is 0 Å². The van der Waals surface area contributed by atoms with E-state index in [0.29, 0.717) is 0 Å². The Morgan fingerprint density at radius 1 is 0.354 bits per heavy atom. The van der Waals surface area contributed by atoms with Gasteiger partial charge in [0.15, 0.2) is 0 Å². The highest BCUT2D eigenvalue weighted by atomic mass is 16.3. The van der Waals surface area contributed by atoms with Gasteiger partial charge in [0.2, 0.25) is 0 Å². The monoisotopic (exact) mass is 611 g/mol. The molecule has 8 aromatic carbocycles. The van der Waals surface area contributed by atoms with Crippen LogP contribution < -0.4 is 0 Å². The molecule has 0 saturated heterocycles. The minimum Gasteiger partial charge on any atom is -0.456 e. The molecule has 0 atom stereocenters. The highest BCUT2D eigenvalue weighted by molar-refractivity contribution is 6.21. The Morgan fingerprint density at radius 3 is 1.73 bits per heavy atom. The summed E-state index contributed by atoms with van der Waals surface area (Å²) in [7, 11) is 0. The van der Waals surface area contributed by atoms with E-state index in [0.717, 1.165) is 38.7 Å². The standard InChI is InChI=1S/C46H29NO/c1-4-14-30(15-5-1)34-22-12-20-33-26-38(32-18-8-3-9-19-32)42(27-37(33)34)47-41-24-13-23-35(31-16-6-2-7-17-31)46(41)40-29-45-39(28-43(40)47)36-21-10-11-25-44(36)48-45/h1-29H. The normalized spacial score (nSPS) is 11.8. The lowest BCUT2D eigenvalue weighted by Gasteiger charge is -2.18. The van der Waals surface area contributed by atoms with E-state index in [-0.39, 0.29) is 0 Å². The third-order valence-corrected chi connectivity index (χ3v) is 9.78. The molecule has 0 N–H and O–H groups in total. The van der Waals surface area contributed by atoms with Gasteiger partial charge in [-0.15, -0.1) is 0 Å². The molecule has 0 aliphatic heterocycles. The van der Waals surface area contributed by atoms with Crippen molar-refractivity contribution >= 4 is 54.5 Å². The number of furan rings is 1. The Hall–Kier alpha value is -6.38. The van der Waals surface area contributed by atoms with E-state index in [1.807, 2.05) is 6.07 Å². The van der Waals surface area contributed by atoms with Crippen LogP contribution in [0.25, 0.3) is 93.6 Å². The summed E-state index contributed by atoms with van der Waals surface area (Å²) < 4.78 is 8.96. The Balaban J connectivity index is 1.40. The number of hydrogen-bond acceptors (Lipinski definition) is 1. The molecule has 2 aromatic heterocycles. The Morgan fingerprint density at radius 2 is 0.979 bits per heavy atom. The number of fused-ring (bicyclic) bond motifs is 7.